The van der Waals surface area contributed by atoms with Crippen LogP contribution in [0.1, 0.15) is 17.0 Å². The first-order valence-corrected chi connectivity index (χ1v) is 8.05. The molecule has 4 nitrogen and oxygen atoms in total. The number of ether oxygens (including phenoxy) is 1. The quantitative estimate of drug-likeness (QED) is 0.682. The number of phenolic OH excluding ortho intramolecular Hbond substituents is 1. The number of hydrogen-bond donors (Lipinski definition) is 2. The van der Waals surface area contributed by atoms with Crippen molar-refractivity contribution in [3.8, 4) is 17.6 Å². The summed E-state index contributed by atoms with van der Waals surface area (Å²) >= 11 is 6.00. The van der Waals surface area contributed by atoms with Crippen LogP contribution >= 0.6 is 11.6 Å². The van der Waals surface area contributed by atoms with Crippen LogP contribution in [0.5, 0.6) is 11.5 Å². The molecule has 3 aromatic rings. The Labute approximate surface area is 149 Å². The Morgan fingerprint density at radius 1 is 1.12 bits per heavy atom. The lowest BCUT2D eigenvalue weighted by molar-refractivity contribution is 0.360. The molecule has 122 valence electrons. The average molecular weight is 349 g/mol. The van der Waals surface area contributed by atoms with Gasteiger partial charge in [-0.1, -0.05) is 48.0 Å². The molecule has 0 aromatic heterocycles. The van der Waals surface area contributed by atoms with Gasteiger partial charge in [-0.15, -0.1) is 0 Å². The van der Waals surface area contributed by atoms with Crippen molar-refractivity contribution < 1.29 is 9.84 Å². The highest BCUT2D eigenvalue weighted by molar-refractivity contribution is 6.30. The van der Waals surface area contributed by atoms with Gasteiger partial charge in [-0.2, -0.15) is 5.26 Å². The highest BCUT2D eigenvalue weighted by atomic mass is 35.5. The van der Waals surface area contributed by atoms with Crippen LogP contribution in [0.15, 0.2) is 66.1 Å². The van der Waals surface area contributed by atoms with E-state index in [1.165, 1.54) is 0 Å². The molecule has 1 aliphatic rings. The van der Waals surface area contributed by atoms with Gasteiger partial charge in [0.15, 0.2) is 11.5 Å². The zero-order chi connectivity index (χ0) is 17.6. The molecule has 1 atom stereocenters. The van der Waals surface area contributed by atoms with E-state index in [9.17, 15) is 10.4 Å². The number of benzene rings is 3. The molecular formula is C20H13ClN2O2. The Hall–Kier alpha value is -3.16. The van der Waals surface area contributed by atoms with E-state index in [4.69, 9.17) is 22.1 Å². The Balaban J connectivity index is 2.09. The minimum absolute atomic E-state index is 0.000492. The number of hydrogen-bond acceptors (Lipinski definition) is 4. The summed E-state index contributed by atoms with van der Waals surface area (Å²) in [4.78, 5) is 0. The summed E-state index contributed by atoms with van der Waals surface area (Å²) in [6.07, 6.45) is 0. The molecule has 5 heteroatoms. The topological polar surface area (TPSA) is 79.3 Å². The second-order valence-electron chi connectivity index (χ2n) is 5.84. The molecule has 0 amide bonds. The van der Waals surface area contributed by atoms with E-state index in [1.54, 1.807) is 18.2 Å². The van der Waals surface area contributed by atoms with E-state index < -0.39 is 5.92 Å². The Morgan fingerprint density at radius 3 is 2.56 bits per heavy atom. The smallest absolute Gasteiger partial charge is 0.205 e. The first kappa shape index (κ1) is 15.4. The second-order valence-corrected chi connectivity index (χ2v) is 6.27. The Morgan fingerprint density at radius 2 is 1.84 bits per heavy atom. The largest absolute Gasteiger partial charge is 0.504 e. The molecule has 0 fully saturated rings. The molecule has 0 saturated heterocycles. The number of nitrogens with zero attached hydrogens (tertiary/aromatic N) is 1. The lowest BCUT2D eigenvalue weighted by atomic mass is 9.81. The Bertz CT molecular complexity index is 1070. The summed E-state index contributed by atoms with van der Waals surface area (Å²) in [5.41, 5.74) is 7.86. The third kappa shape index (κ3) is 2.37. The SMILES string of the molecule is N#CC1=C(N)Oc2c(O)cc3ccccc3c2[C@H]1c1ccc(Cl)cc1. The van der Waals surface area contributed by atoms with E-state index in [0.29, 0.717) is 10.6 Å². The number of nitriles is 1. The first-order chi connectivity index (χ1) is 12.1. The number of phenols is 1. The van der Waals surface area contributed by atoms with Gasteiger partial charge in [0.05, 0.1) is 5.92 Å². The fraction of sp³-hybridized carbons (Fsp3) is 0.0500. The number of fused-ring (bicyclic) bond motifs is 3. The molecule has 3 aromatic carbocycles. The van der Waals surface area contributed by atoms with Gasteiger partial charge in [-0.25, -0.2) is 0 Å². The number of allylic oxidation sites excluding steroid dienone is 1. The fourth-order valence-electron chi connectivity index (χ4n) is 3.29. The van der Waals surface area contributed by atoms with Crippen LogP contribution in [0.25, 0.3) is 10.8 Å². The number of rotatable bonds is 1. The van der Waals surface area contributed by atoms with Crippen LogP contribution in [-0.2, 0) is 0 Å². The second kappa shape index (κ2) is 5.73. The van der Waals surface area contributed by atoms with Gasteiger partial charge in [-0.3, -0.25) is 0 Å². The molecule has 0 spiro atoms. The minimum atomic E-state index is -0.442. The standard InChI is InChI=1S/C20H13ClN2O2/c21-13-7-5-11(6-8-13)17-15(10-22)20(23)25-19-16(24)9-12-3-1-2-4-14(12)18(17)19/h1-9,17,24H,23H2/t17-/m0/s1. The zero-order valence-electron chi connectivity index (χ0n) is 13.0. The lowest BCUT2D eigenvalue weighted by Crippen LogP contribution is -2.21. The highest BCUT2D eigenvalue weighted by Gasteiger charge is 2.34. The van der Waals surface area contributed by atoms with Gasteiger partial charge in [-0.05, 0) is 34.5 Å². The van der Waals surface area contributed by atoms with E-state index in [0.717, 1.165) is 21.9 Å². The normalized spacial score (nSPS) is 16.2. The van der Waals surface area contributed by atoms with Crippen LogP contribution in [0, 0.1) is 11.3 Å². The van der Waals surface area contributed by atoms with Crippen molar-refractivity contribution in [1.29, 1.82) is 5.26 Å². The van der Waals surface area contributed by atoms with Crippen molar-refractivity contribution in [2.75, 3.05) is 0 Å². The van der Waals surface area contributed by atoms with Crippen molar-refractivity contribution in [3.05, 3.63) is 82.2 Å². The summed E-state index contributed by atoms with van der Waals surface area (Å²) in [5.74, 6) is -0.161. The molecule has 0 radical (unpaired) electrons. The van der Waals surface area contributed by atoms with E-state index >= 15 is 0 Å². The number of nitrogens with two attached hydrogens (primary N) is 1. The molecule has 0 bridgehead atoms. The molecule has 1 heterocycles. The molecule has 3 N–H and O–H groups in total. The molecule has 0 unspecified atom stereocenters. The maximum Gasteiger partial charge on any atom is 0.205 e. The summed E-state index contributed by atoms with van der Waals surface area (Å²) in [6.45, 7) is 0. The van der Waals surface area contributed by atoms with Crippen LogP contribution in [-0.4, -0.2) is 5.11 Å². The van der Waals surface area contributed by atoms with Crippen molar-refractivity contribution in [1.82, 2.24) is 0 Å². The van der Waals surface area contributed by atoms with Gasteiger partial charge >= 0.3 is 0 Å². The molecule has 1 aliphatic heterocycles. The molecule has 25 heavy (non-hydrogen) atoms. The summed E-state index contributed by atoms with van der Waals surface area (Å²) in [6, 6.07) is 18.7. The van der Waals surface area contributed by atoms with Crippen molar-refractivity contribution >= 4 is 22.4 Å². The van der Waals surface area contributed by atoms with Gasteiger partial charge in [0.2, 0.25) is 5.88 Å². The predicted octanol–water partition coefficient (Wildman–Crippen LogP) is 4.42. The molecule has 0 saturated carbocycles. The number of aromatic hydroxyl groups is 1. The lowest BCUT2D eigenvalue weighted by Gasteiger charge is -2.28. The van der Waals surface area contributed by atoms with Crippen LogP contribution < -0.4 is 10.5 Å². The van der Waals surface area contributed by atoms with Crippen LogP contribution in [0.2, 0.25) is 5.02 Å². The van der Waals surface area contributed by atoms with Crippen LogP contribution in [0.4, 0.5) is 0 Å². The zero-order valence-corrected chi connectivity index (χ0v) is 13.8. The van der Waals surface area contributed by atoms with Gasteiger partial charge in [0.1, 0.15) is 11.6 Å². The summed E-state index contributed by atoms with van der Waals surface area (Å²) in [7, 11) is 0. The predicted molar refractivity (Wildman–Crippen MR) is 96.4 cm³/mol. The third-order valence-corrected chi connectivity index (χ3v) is 4.65. The van der Waals surface area contributed by atoms with E-state index in [2.05, 4.69) is 6.07 Å². The van der Waals surface area contributed by atoms with Gasteiger partial charge in [0.25, 0.3) is 0 Å². The summed E-state index contributed by atoms with van der Waals surface area (Å²) in [5, 5.41) is 22.5. The average Bonchev–Trinajstić information content (AvgIpc) is 2.62. The van der Waals surface area contributed by atoms with Gasteiger partial charge < -0.3 is 15.6 Å². The van der Waals surface area contributed by atoms with Crippen LogP contribution in [0.3, 0.4) is 0 Å². The summed E-state index contributed by atoms with van der Waals surface area (Å²) < 4.78 is 5.61. The molecule has 0 aliphatic carbocycles. The third-order valence-electron chi connectivity index (χ3n) is 4.40. The maximum atomic E-state index is 10.4. The maximum absolute atomic E-state index is 10.4. The highest BCUT2D eigenvalue weighted by Crippen LogP contribution is 2.49. The van der Waals surface area contributed by atoms with Gasteiger partial charge in [0, 0.05) is 10.6 Å². The van der Waals surface area contributed by atoms with E-state index in [-0.39, 0.29) is 17.4 Å². The van der Waals surface area contributed by atoms with Crippen molar-refractivity contribution in [2.24, 2.45) is 5.73 Å². The Kier molecular flexibility index (Phi) is 3.52. The van der Waals surface area contributed by atoms with Crippen molar-refractivity contribution in [2.45, 2.75) is 5.92 Å². The van der Waals surface area contributed by atoms with Crippen molar-refractivity contribution in [3.63, 3.8) is 0 Å². The molecule has 4 rings (SSSR count). The first-order valence-electron chi connectivity index (χ1n) is 7.68. The monoisotopic (exact) mass is 348 g/mol. The fourth-order valence-corrected chi connectivity index (χ4v) is 3.42. The number of halogens is 1. The molecular weight excluding hydrogens is 336 g/mol. The minimum Gasteiger partial charge on any atom is -0.504 e. The van der Waals surface area contributed by atoms with E-state index in [1.807, 2.05) is 36.4 Å².